The molecular weight excluding hydrogens is 222 g/mol. The molecule has 0 radical (unpaired) electrons. The van der Waals surface area contributed by atoms with Crippen LogP contribution in [0.25, 0.3) is 0 Å². The number of nitrogens with one attached hydrogen (secondary N) is 1. The van der Waals surface area contributed by atoms with Gasteiger partial charge in [0.2, 0.25) is 0 Å². The minimum absolute atomic E-state index is 0.683. The zero-order valence-corrected chi connectivity index (χ0v) is 12.2. The van der Waals surface area contributed by atoms with Crippen molar-refractivity contribution in [3.63, 3.8) is 0 Å². The Morgan fingerprint density at radius 1 is 1.33 bits per heavy atom. The smallest absolute Gasteiger partial charge is 0.132 e. The third-order valence-corrected chi connectivity index (χ3v) is 2.91. The second kappa shape index (κ2) is 8.09. The summed E-state index contributed by atoms with van der Waals surface area (Å²) >= 11 is 0. The second-order valence-electron chi connectivity index (χ2n) is 5.09. The Morgan fingerprint density at radius 2 is 2.11 bits per heavy atom. The van der Waals surface area contributed by atoms with Crippen molar-refractivity contribution in [1.82, 2.24) is 10.3 Å². The Balaban J connectivity index is 2.71. The van der Waals surface area contributed by atoms with E-state index in [9.17, 15) is 0 Å². The lowest BCUT2D eigenvalue weighted by Crippen LogP contribution is -2.27. The van der Waals surface area contributed by atoms with Crippen molar-refractivity contribution in [3.05, 3.63) is 23.9 Å². The highest BCUT2D eigenvalue weighted by Crippen LogP contribution is 2.17. The van der Waals surface area contributed by atoms with Crippen molar-refractivity contribution < 1.29 is 0 Å². The molecule has 1 rings (SSSR count). The molecule has 0 saturated heterocycles. The average Bonchev–Trinajstić information content (AvgIpc) is 2.36. The zero-order valence-electron chi connectivity index (χ0n) is 12.2. The van der Waals surface area contributed by atoms with E-state index in [2.05, 4.69) is 49.0 Å². The largest absolute Gasteiger partial charge is 0.357 e. The molecule has 0 unspecified atom stereocenters. The lowest BCUT2D eigenvalue weighted by Gasteiger charge is -2.24. The highest BCUT2D eigenvalue weighted by molar-refractivity contribution is 5.46. The van der Waals surface area contributed by atoms with Gasteiger partial charge in [-0.05, 0) is 31.9 Å². The highest BCUT2D eigenvalue weighted by Gasteiger charge is 2.09. The average molecular weight is 249 g/mol. The number of nitrogens with zero attached hydrogens (tertiary/aromatic N) is 2. The predicted octanol–water partition coefficient (Wildman–Crippen LogP) is 3.06. The van der Waals surface area contributed by atoms with Crippen molar-refractivity contribution in [1.29, 1.82) is 0 Å². The molecular formula is C15H27N3. The molecule has 102 valence electrons. The molecule has 0 aliphatic rings. The molecule has 0 saturated carbocycles. The fraction of sp³-hybridized carbons (Fsp3) is 0.667. The van der Waals surface area contributed by atoms with Crippen LogP contribution >= 0.6 is 0 Å². The topological polar surface area (TPSA) is 28.2 Å². The van der Waals surface area contributed by atoms with Gasteiger partial charge in [0.25, 0.3) is 0 Å². The zero-order chi connectivity index (χ0) is 13.4. The van der Waals surface area contributed by atoms with Crippen molar-refractivity contribution in [2.75, 3.05) is 24.5 Å². The second-order valence-corrected chi connectivity index (χ2v) is 5.09. The van der Waals surface area contributed by atoms with Gasteiger partial charge in [-0.25, -0.2) is 4.98 Å². The summed E-state index contributed by atoms with van der Waals surface area (Å²) in [7, 11) is 0. The van der Waals surface area contributed by atoms with E-state index in [1.54, 1.807) is 0 Å². The van der Waals surface area contributed by atoms with E-state index in [1.165, 1.54) is 5.56 Å². The molecule has 1 N–H and O–H groups in total. The minimum atomic E-state index is 0.683. The summed E-state index contributed by atoms with van der Waals surface area (Å²) in [5.74, 6) is 1.82. The SMILES string of the molecule is CCCN(CC)c1ncccc1CNCC(C)C. The summed E-state index contributed by atoms with van der Waals surface area (Å²) in [6.45, 7) is 12.9. The molecule has 0 atom stereocenters. The van der Waals surface area contributed by atoms with Gasteiger partial charge in [0.05, 0.1) is 0 Å². The number of anilines is 1. The molecule has 0 aromatic carbocycles. The summed E-state index contributed by atoms with van der Waals surface area (Å²) < 4.78 is 0. The van der Waals surface area contributed by atoms with Gasteiger partial charge in [0.1, 0.15) is 5.82 Å². The van der Waals surface area contributed by atoms with E-state index in [-0.39, 0.29) is 0 Å². The molecule has 1 aromatic rings. The maximum Gasteiger partial charge on any atom is 0.132 e. The first-order valence-corrected chi connectivity index (χ1v) is 7.08. The van der Waals surface area contributed by atoms with Crippen molar-refractivity contribution >= 4 is 5.82 Å². The Labute approximate surface area is 112 Å². The molecule has 3 nitrogen and oxygen atoms in total. The first-order chi connectivity index (χ1) is 8.69. The third kappa shape index (κ3) is 4.65. The van der Waals surface area contributed by atoms with Crippen LogP contribution in [0.15, 0.2) is 18.3 Å². The lowest BCUT2D eigenvalue weighted by molar-refractivity contribution is 0.551. The van der Waals surface area contributed by atoms with Crippen LogP contribution in [0.5, 0.6) is 0 Å². The van der Waals surface area contributed by atoms with Crippen molar-refractivity contribution in [2.45, 2.75) is 40.7 Å². The number of aromatic nitrogens is 1. The molecule has 3 heteroatoms. The van der Waals surface area contributed by atoms with Crippen molar-refractivity contribution in [2.24, 2.45) is 5.92 Å². The highest BCUT2D eigenvalue weighted by atomic mass is 15.2. The quantitative estimate of drug-likeness (QED) is 0.767. The van der Waals surface area contributed by atoms with E-state index >= 15 is 0 Å². The van der Waals surface area contributed by atoms with Crippen molar-refractivity contribution in [3.8, 4) is 0 Å². The first kappa shape index (κ1) is 15.0. The molecule has 0 bridgehead atoms. The van der Waals surface area contributed by atoms with Gasteiger partial charge < -0.3 is 10.2 Å². The maximum absolute atomic E-state index is 4.55. The van der Waals surface area contributed by atoms with Crippen LogP contribution in [-0.2, 0) is 6.54 Å². The standard InChI is InChI=1S/C15H27N3/c1-5-10-18(6-2)15-14(8-7-9-17-15)12-16-11-13(3)4/h7-9,13,16H,5-6,10-12H2,1-4H3. The van der Waals surface area contributed by atoms with E-state index in [4.69, 9.17) is 0 Å². The van der Waals surface area contributed by atoms with Gasteiger partial charge in [-0.1, -0.05) is 26.8 Å². The van der Waals surface area contributed by atoms with Crippen LogP contribution in [-0.4, -0.2) is 24.6 Å². The Kier molecular flexibility index (Phi) is 6.73. The molecule has 0 amide bonds. The monoisotopic (exact) mass is 249 g/mol. The van der Waals surface area contributed by atoms with E-state index < -0.39 is 0 Å². The minimum Gasteiger partial charge on any atom is -0.357 e. The summed E-state index contributed by atoms with van der Waals surface area (Å²) in [6.07, 6.45) is 3.04. The normalized spacial score (nSPS) is 10.9. The molecule has 0 aliphatic heterocycles. The molecule has 0 aliphatic carbocycles. The summed E-state index contributed by atoms with van der Waals surface area (Å²) in [6, 6.07) is 4.20. The first-order valence-electron chi connectivity index (χ1n) is 7.08. The van der Waals surface area contributed by atoms with Gasteiger partial charge in [0.15, 0.2) is 0 Å². The predicted molar refractivity (Wildman–Crippen MR) is 79.0 cm³/mol. The van der Waals surface area contributed by atoms with E-state index in [0.29, 0.717) is 5.92 Å². The number of hydrogen-bond donors (Lipinski definition) is 1. The lowest BCUT2D eigenvalue weighted by atomic mass is 10.2. The molecule has 18 heavy (non-hydrogen) atoms. The Morgan fingerprint density at radius 3 is 2.72 bits per heavy atom. The summed E-state index contributed by atoms with van der Waals surface area (Å²) in [5, 5.41) is 3.50. The van der Waals surface area contributed by atoms with Gasteiger partial charge in [-0.2, -0.15) is 0 Å². The fourth-order valence-electron chi connectivity index (χ4n) is 2.03. The van der Waals surface area contributed by atoms with Crippen LogP contribution < -0.4 is 10.2 Å². The fourth-order valence-corrected chi connectivity index (χ4v) is 2.03. The number of rotatable bonds is 8. The Bertz CT molecular complexity index is 336. The van der Waals surface area contributed by atoms with Crippen LogP contribution in [0, 0.1) is 5.92 Å². The number of hydrogen-bond acceptors (Lipinski definition) is 3. The molecule has 0 spiro atoms. The van der Waals surface area contributed by atoms with Gasteiger partial charge in [-0.3, -0.25) is 0 Å². The van der Waals surface area contributed by atoms with Crippen LogP contribution in [0.4, 0.5) is 5.82 Å². The third-order valence-electron chi connectivity index (χ3n) is 2.91. The van der Waals surface area contributed by atoms with Crippen LogP contribution in [0.2, 0.25) is 0 Å². The van der Waals surface area contributed by atoms with Crippen LogP contribution in [0.3, 0.4) is 0 Å². The van der Waals surface area contributed by atoms with Gasteiger partial charge in [0, 0.05) is 31.4 Å². The summed E-state index contributed by atoms with van der Waals surface area (Å²) in [5.41, 5.74) is 1.30. The van der Waals surface area contributed by atoms with Gasteiger partial charge >= 0.3 is 0 Å². The maximum atomic E-state index is 4.55. The summed E-state index contributed by atoms with van der Waals surface area (Å²) in [4.78, 5) is 6.91. The molecule has 1 heterocycles. The van der Waals surface area contributed by atoms with Gasteiger partial charge in [-0.15, -0.1) is 0 Å². The molecule has 0 fully saturated rings. The molecule has 1 aromatic heterocycles. The van der Waals surface area contributed by atoms with E-state index in [0.717, 1.165) is 38.4 Å². The Hall–Kier alpha value is -1.09. The number of pyridine rings is 1. The van der Waals surface area contributed by atoms with Crippen LogP contribution in [0.1, 0.15) is 39.7 Å². The van der Waals surface area contributed by atoms with E-state index in [1.807, 2.05) is 12.3 Å².